The van der Waals surface area contributed by atoms with Crippen LogP contribution in [0.15, 0.2) is 12.1 Å². The Balaban J connectivity index is 3.01. The van der Waals surface area contributed by atoms with Gasteiger partial charge in [-0.25, -0.2) is 13.6 Å². The maximum atomic E-state index is 13.1. The number of benzene rings is 1. The van der Waals surface area contributed by atoms with E-state index in [1.54, 1.807) is 6.92 Å². The summed E-state index contributed by atoms with van der Waals surface area (Å²) in [5.74, 6) is -5.23. The molecule has 0 aliphatic heterocycles. The number of carboxylic acids is 1. The van der Waals surface area contributed by atoms with Crippen LogP contribution >= 0.6 is 0 Å². The summed E-state index contributed by atoms with van der Waals surface area (Å²) in [4.78, 5) is 22.6. The lowest BCUT2D eigenvalue weighted by Crippen LogP contribution is -2.31. The molecule has 1 aromatic rings. The molecule has 0 aliphatic rings. The fourth-order valence-electron chi connectivity index (χ4n) is 1.34. The summed E-state index contributed by atoms with van der Waals surface area (Å²) in [5.41, 5.74) is -1.08. The molecule has 1 rings (SSSR count). The predicted octanol–water partition coefficient (Wildman–Crippen LogP) is 1.02. The van der Waals surface area contributed by atoms with Gasteiger partial charge in [0.05, 0.1) is 11.1 Å². The Hall–Kier alpha value is -2.02. The summed E-state index contributed by atoms with van der Waals surface area (Å²) in [5, 5.41) is 20.0. The summed E-state index contributed by atoms with van der Waals surface area (Å²) in [6.45, 7) is 1.58. The number of amides is 1. The van der Waals surface area contributed by atoms with Crippen molar-refractivity contribution in [1.82, 2.24) is 5.32 Å². The number of carboxylic acid groups (broad SMARTS) is 1. The Labute approximate surface area is 107 Å². The Morgan fingerprint density at radius 3 is 2.26 bits per heavy atom. The summed E-state index contributed by atoms with van der Waals surface area (Å²) in [6, 6.07) is 1.000. The third-order valence-corrected chi connectivity index (χ3v) is 2.46. The van der Waals surface area contributed by atoms with Crippen LogP contribution in [0.5, 0.6) is 0 Å². The molecule has 0 radical (unpaired) electrons. The quantitative estimate of drug-likeness (QED) is 0.747. The predicted molar refractivity (Wildman–Crippen MR) is 61.9 cm³/mol. The maximum absolute atomic E-state index is 13.1. The molecule has 3 N–H and O–H groups in total. The molecule has 0 aromatic heterocycles. The summed E-state index contributed by atoms with van der Waals surface area (Å²) in [7, 11) is 0. The lowest BCUT2D eigenvalue weighted by Gasteiger charge is -2.11. The molecule has 0 aliphatic carbocycles. The number of rotatable bonds is 5. The molecule has 0 bridgehead atoms. The molecule has 0 heterocycles. The highest BCUT2D eigenvalue weighted by Gasteiger charge is 2.20. The molecule has 0 saturated heterocycles. The number of halogens is 2. The van der Waals surface area contributed by atoms with Crippen molar-refractivity contribution in [3.8, 4) is 0 Å². The van der Waals surface area contributed by atoms with Gasteiger partial charge >= 0.3 is 5.97 Å². The highest BCUT2D eigenvalue weighted by Crippen LogP contribution is 2.15. The zero-order chi connectivity index (χ0) is 14.6. The average Bonchev–Trinajstić information content (AvgIpc) is 2.37. The number of carbonyl (C=O) groups excluding carboxylic acids is 1. The van der Waals surface area contributed by atoms with E-state index >= 15 is 0 Å². The Morgan fingerprint density at radius 1 is 1.26 bits per heavy atom. The first kappa shape index (κ1) is 15.0. The van der Waals surface area contributed by atoms with Gasteiger partial charge in [-0.15, -0.1) is 0 Å². The highest BCUT2D eigenvalue weighted by molar-refractivity contribution is 6.04. The van der Waals surface area contributed by atoms with Crippen molar-refractivity contribution in [2.24, 2.45) is 5.92 Å². The molecule has 0 fully saturated rings. The lowest BCUT2D eigenvalue weighted by molar-refractivity contribution is 0.0690. The SMILES string of the molecule is CC(CO)CNC(=O)c1cc(F)c(F)cc1C(=O)O. The molecule has 0 saturated carbocycles. The number of hydrogen-bond donors (Lipinski definition) is 3. The molecule has 1 amide bonds. The fourth-order valence-corrected chi connectivity index (χ4v) is 1.34. The Morgan fingerprint density at radius 2 is 1.79 bits per heavy atom. The van der Waals surface area contributed by atoms with E-state index < -0.39 is 34.6 Å². The standard InChI is InChI=1S/C12H13F2NO4/c1-6(5-16)4-15-11(17)7-2-9(13)10(14)3-8(7)12(18)19/h2-3,6,16H,4-5H2,1H3,(H,15,17)(H,18,19). The second-order valence-electron chi connectivity index (χ2n) is 4.11. The fraction of sp³-hybridized carbons (Fsp3) is 0.333. The van der Waals surface area contributed by atoms with Crippen LogP contribution in [0.2, 0.25) is 0 Å². The zero-order valence-electron chi connectivity index (χ0n) is 10.1. The van der Waals surface area contributed by atoms with Gasteiger partial charge in [0.15, 0.2) is 11.6 Å². The molecule has 0 spiro atoms. The minimum Gasteiger partial charge on any atom is -0.478 e. The largest absolute Gasteiger partial charge is 0.478 e. The van der Waals surface area contributed by atoms with Crippen molar-refractivity contribution in [2.75, 3.05) is 13.2 Å². The molecular weight excluding hydrogens is 260 g/mol. The van der Waals surface area contributed by atoms with Crippen LogP contribution in [0, 0.1) is 17.6 Å². The smallest absolute Gasteiger partial charge is 0.336 e. The third-order valence-electron chi connectivity index (χ3n) is 2.46. The minimum absolute atomic E-state index is 0.0907. The van der Waals surface area contributed by atoms with E-state index in [4.69, 9.17) is 10.2 Å². The number of aliphatic hydroxyl groups is 1. The van der Waals surface area contributed by atoms with Crippen LogP contribution in [-0.2, 0) is 0 Å². The molecule has 19 heavy (non-hydrogen) atoms. The second kappa shape index (κ2) is 6.24. The van der Waals surface area contributed by atoms with Gasteiger partial charge < -0.3 is 15.5 Å². The van der Waals surface area contributed by atoms with E-state index in [1.165, 1.54) is 0 Å². The van der Waals surface area contributed by atoms with Gasteiger partial charge in [0, 0.05) is 13.2 Å². The topological polar surface area (TPSA) is 86.6 Å². The van der Waals surface area contributed by atoms with Gasteiger partial charge in [0.25, 0.3) is 5.91 Å². The van der Waals surface area contributed by atoms with Gasteiger partial charge in [-0.1, -0.05) is 6.92 Å². The van der Waals surface area contributed by atoms with Crippen molar-refractivity contribution in [3.63, 3.8) is 0 Å². The van der Waals surface area contributed by atoms with Gasteiger partial charge in [0.1, 0.15) is 0 Å². The first-order valence-corrected chi connectivity index (χ1v) is 5.48. The molecule has 1 aromatic carbocycles. The summed E-state index contributed by atoms with van der Waals surface area (Å²) in [6.07, 6.45) is 0. The minimum atomic E-state index is -1.53. The van der Waals surface area contributed by atoms with Crippen LogP contribution in [0.25, 0.3) is 0 Å². The zero-order valence-corrected chi connectivity index (χ0v) is 10.1. The molecule has 104 valence electrons. The summed E-state index contributed by atoms with van der Waals surface area (Å²) < 4.78 is 26.0. The van der Waals surface area contributed by atoms with Crippen LogP contribution in [0.4, 0.5) is 8.78 Å². The Bertz CT molecular complexity index is 505. The van der Waals surface area contributed by atoms with E-state index in [0.717, 1.165) is 0 Å². The molecular formula is C12H13F2NO4. The van der Waals surface area contributed by atoms with Gasteiger partial charge in [-0.05, 0) is 18.1 Å². The number of aromatic carboxylic acids is 1. The van der Waals surface area contributed by atoms with Crippen LogP contribution in [0.3, 0.4) is 0 Å². The Kier molecular flexibility index (Phi) is 4.94. The van der Waals surface area contributed by atoms with Gasteiger partial charge in [-0.2, -0.15) is 0 Å². The normalized spacial score (nSPS) is 12.0. The maximum Gasteiger partial charge on any atom is 0.336 e. The van der Waals surface area contributed by atoms with E-state index in [0.29, 0.717) is 12.1 Å². The molecule has 1 atom stereocenters. The highest BCUT2D eigenvalue weighted by atomic mass is 19.2. The summed E-state index contributed by atoms with van der Waals surface area (Å²) >= 11 is 0. The molecule has 1 unspecified atom stereocenters. The lowest BCUT2D eigenvalue weighted by atomic mass is 10.1. The van der Waals surface area contributed by atoms with Crippen molar-refractivity contribution >= 4 is 11.9 Å². The number of aliphatic hydroxyl groups excluding tert-OH is 1. The first-order valence-electron chi connectivity index (χ1n) is 5.48. The van der Waals surface area contributed by atoms with E-state index in [1.807, 2.05) is 0 Å². The van der Waals surface area contributed by atoms with Crippen molar-refractivity contribution in [2.45, 2.75) is 6.92 Å². The number of hydrogen-bond acceptors (Lipinski definition) is 3. The number of nitrogens with one attached hydrogen (secondary N) is 1. The third kappa shape index (κ3) is 3.72. The molecule has 5 nitrogen and oxygen atoms in total. The number of carbonyl (C=O) groups is 2. The van der Waals surface area contributed by atoms with Crippen LogP contribution in [-0.4, -0.2) is 35.2 Å². The van der Waals surface area contributed by atoms with E-state index in [2.05, 4.69) is 5.32 Å². The first-order chi connectivity index (χ1) is 8.86. The van der Waals surface area contributed by atoms with Gasteiger partial charge in [-0.3, -0.25) is 4.79 Å². The van der Waals surface area contributed by atoms with Crippen molar-refractivity contribution < 1.29 is 28.6 Å². The van der Waals surface area contributed by atoms with Crippen molar-refractivity contribution in [1.29, 1.82) is 0 Å². The van der Waals surface area contributed by atoms with Gasteiger partial charge in [0.2, 0.25) is 0 Å². The van der Waals surface area contributed by atoms with E-state index in [-0.39, 0.29) is 19.1 Å². The van der Waals surface area contributed by atoms with Crippen LogP contribution < -0.4 is 5.32 Å². The molecule has 7 heteroatoms. The van der Waals surface area contributed by atoms with E-state index in [9.17, 15) is 18.4 Å². The van der Waals surface area contributed by atoms with Crippen molar-refractivity contribution in [3.05, 3.63) is 34.9 Å². The monoisotopic (exact) mass is 273 g/mol. The van der Waals surface area contributed by atoms with Crippen LogP contribution in [0.1, 0.15) is 27.6 Å². The average molecular weight is 273 g/mol. The second-order valence-corrected chi connectivity index (χ2v) is 4.11.